The second-order valence-corrected chi connectivity index (χ2v) is 6.51. The van der Waals surface area contributed by atoms with Crippen LogP contribution in [0.15, 0.2) is 24.3 Å². The lowest BCUT2D eigenvalue weighted by molar-refractivity contribution is -0.143. The molecule has 0 bridgehead atoms. The normalized spacial score (nSPS) is 16.8. The van der Waals surface area contributed by atoms with E-state index in [-0.39, 0.29) is 18.4 Å². The topological polar surface area (TPSA) is 34.5 Å². The zero-order valence-corrected chi connectivity index (χ0v) is 15.6. The summed E-state index contributed by atoms with van der Waals surface area (Å²) in [6.45, 7) is 3.02. The minimum atomic E-state index is -0.110. The van der Waals surface area contributed by atoms with Crippen molar-refractivity contribution >= 4 is 29.3 Å². The number of aryl methyl sites for hydroxylation is 1. The van der Waals surface area contributed by atoms with E-state index in [4.69, 9.17) is 4.74 Å². The second-order valence-electron chi connectivity index (χ2n) is 6.51. The van der Waals surface area contributed by atoms with Crippen LogP contribution in [-0.4, -0.2) is 42.2 Å². The van der Waals surface area contributed by atoms with Crippen molar-refractivity contribution in [2.45, 2.75) is 45.2 Å². The molecule has 1 unspecified atom stereocenters. The van der Waals surface area contributed by atoms with E-state index in [0.717, 1.165) is 12.8 Å². The Morgan fingerprint density at radius 3 is 2.79 bits per heavy atom. The van der Waals surface area contributed by atoms with Gasteiger partial charge in [-0.2, -0.15) is 0 Å². The van der Waals surface area contributed by atoms with Gasteiger partial charge in [0.25, 0.3) is 0 Å². The maximum Gasteiger partial charge on any atom is 0.307 e. The van der Waals surface area contributed by atoms with Gasteiger partial charge in [-0.3, -0.25) is 4.79 Å². The lowest BCUT2D eigenvalue weighted by Crippen LogP contribution is -2.33. The SMILES string of the molecule is CCOC(=O)CCn1c2c(c3ccccc31)CC(N(C)C)CC2.Cl. The number of carbonyl (C=O) groups excluding carboxylic acids is 1. The molecule has 0 fully saturated rings. The van der Waals surface area contributed by atoms with E-state index in [1.807, 2.05) is 6.92 Å². The fourth-order valence-electron chi connectivity index (χ4n) is 3.72. The Labute approximate surface area is 150 Å². The Hall–Kier alpha value is -1.52. The highest BCUT2D eigenvalue weighted by Crippen LogP contribution is 2.33. The molecule has 0 saturated heterocycles. The first-order valence-electron chi connectivity index (χ1n) is 8.52. The fourth-order valence-corrected chi connectivity index (χ4v) is 3.72. The summed E-state index contributed by atoms with van der Waals surface area (Å²) in [5.41, 5.74) is 4.13. The Morgan fingerprint density at radius 1 is 1.33 bits per heavy atom. The van der Waals surface area contributed by atoms with Crippen LogP contribution < -0.4 is 0 Å². The van der Waals surface area contributed by atoms with Crippen molar-refractivity contribution in [1.29, 1.82) is 0 Å². The van der Waals surface area contributed by atoms with E-state index in [0.29, 0.717) is 25.6 Å². The molecule has 1 aliphatic carbocycles. The number of esters is 1. The zero-order valence-electron chi connectivity index (χ0n) is 14.7. The van der Waals surface area contributed by atoms with Crippen LogP contribution in [0.1, 0.15) is 31.0 Å². The number of likely N-dealkylation sites (N-methyl/N-ethyl adjacent to an activating group) is 1. The molecule has 0 spiro atoms. The first-order chi connectivity index (χ1) is 11.1. The highest BCUT2D eigenvalue weighted by atomic mass is 35.5. The van der Waals surface area contributed by atoms with Gasteiger partial charge in [0, 0.05) is 29.2 Å². The highest BCUT2D eigenvalue weighted by molar-refractivity contribution is 5.86. The molecule has 1 aromatic carbocycles. The number of fused-ring (bicyclic) bond motifs is 3. The van der Waals surface area contributed by atoms with E-state index in [2.05, 4.69) is 47.8 Å². The van der Waals surface area contributed by atoms with Crippen molar-refractivity contribution in [3.8, 4) is 0 Å². The van der Waals surface area contributed by atoms with Gasteiger partial charge in [0.2, 0.25) is 0 Å². The zero-order chi connectivity index (χ0) is 16.4. The first kappa shape index (κ1) is 18.8. The van der Waals surface area contributed by atoms with E-state index >= 15 is 0 Å². The number of hydrogen-bond donors (Lipinski definition) is 0. The smallest absolute Gasteiger partial charge is 0.307 e. The monoisotopic (exact) mass is 350 g/mol. The van der Waals surface area contributed by atoms with Crippen LogP contribution in [0.4, 0.5) is 0 Å². The predicted molar refractivity (Wildman–Crippen MR) is 99.9 cm³/mol. The van der Waals surface area contributed by atoms with Crippen molar-refractivity contribution in [2.75, 3.05) is 20.7 Å². The highest BCUT2D eigenvalue weighted by Gasteiger charge is 2.26. The summed E-state index contributed by atoms with van der Waals surface area (Å²) in [7, 11) is 4.32. The third kappa shape index (κ3) is 3.60. The number of benzene rings is 1. The van der Waals surface area contributed by atoms with Gasteiger partial charge in [0.15, 0.2) is 0 Å². The minimum Gasteiger partial charge on any atom is -0.466 e. The Balaban J connectivity index is 0.00000208. The maximum atomic E-state index is 11.7. The van der Waals surface area contributed by atoms with E-state index < -0.39 is 0 Å². The molecule has 0 N–H and O–H groups in total. The molecule has 0 radical (unpaired) electrons. The van der Waals surface area contributed by atoms with Crippen LogP contribution in [-0.2, 0) is 28.9 Å². The second kappa shape index (κ2) is 8.04. The van der Waals surface area contributed by atoms with E-state index in [1.165, 1.54) is 28.6 Å². The molecule has 3 rings (SSSR count). The molecule has 1 aromatic heterocycles. The first-order valence-corrected chi connectivity index (χ1v) is 8.52. The summed E-state index contributed by atoms with van der Waals surface area (Å²) in [4.78, 5) is 14.1. The number of ether oxygens (including phenoxy) is 1. The molecule has 5 heteroatoms. The predicted octanol–water partition coefficient (Wildman–Crippen LogP) is 3.44. The quantitative estimate of drug-likeness (QED) is 0.775. The number of carbonyl (C=O) groups is 1. The number of rotatable bonds is 5. The fraction of sp³-hybridized carbons (Fsp3) is 0.526. The minimum absolute atomic E-state index is 0. The molecule has 1 aliphatic rings. The van der Waals surface area contributed by atoms with Gasteiger partial charge in [-0.1, -0.05) is 18.2 Å². The molecule has 4 nitrogen and oxygen atoms in total. The summed E-state index contributed by atoms with van der Waals surface area (Å²) in [6, 6.07) is 9.18. The average Bonchev–Trinajstić information content (AvgIpc) is 2.86. The van der Waals surface area contributed by atoms with Crippen molar-refractivity contribution in [1.82, 2.24) is 9.47 Å². The molecular weight excluding hydrogens is 324 g/mol. The molecule has 24 heavy (non-hydrogen) atoms. The van der Waals surface area contributed by atoms with Crippen molar-refractivity contribution < 1.29 is 9.53 Å². The third-order valence-corrected chi connectivity index (χ3v) is 4.92. The number of halogens is 1. The van der Waals surface area contributed by atoms with Crippen LogP contribution in [0.2, 0.25) is 0 Å². The summed E-state index contributed by atoms with van der Waals surface area (Å²) >= 11 is 0. The van der Waals surface area contributed by atoms with Crippen LogP contribution in [0.3, 0.4) is 0 Å². The van der Waals surface area contributed by atoms with Crippen molar-refractivity contribution in [3.63, 3.8) is 0 Å². The number of hydrogen-bond acceptors (Lipinski definition) is 3. The molecule has 1 heterocycles. The van der Waals surface area contributed by atoms with E-state index in [1.54, 1.807) is 0 Å². The van der Waals surface area contributed by atoms with Gasteiger partial charge in [-0.05, 0) is 51.9 Å². The molecule has 0 saturated carbocycles. The molecule has 1 atom stereocenters. The molecule has 0 amide bonds. The number of nitrogens with zero attached hydrogens (tertiary/aromatic N) is 2. The van der Waals surface area contributed by atoms with Gasteiger partial charge >= 0.3 is 5.97 Å². The molecule has 132 valence electrons. The van der Waals surface area contributed by atoms with Gasteiger partial charge < -0.3 is 14.2 Å². The number of para-hydroxylation sites is 1. The van der Waals surface area contributed by atoms with Gasteiger partial charge in [0.05, 0.1) is 13.0 Å². The summed E-state index contributed by atoms with van der Waals surface area (Å²) in [6.07, 6.45) is 3.79. The summed E-state index contributed by atoms with van der Waals surface area (Å²) in [5, 5.41) is 1.35. The van der Waals surface area contributed by atoms with Gasteiger partial charge in [-0.15, -0.1) is 12.4 Å². The van der Waals surface area contributed by atoms with Crippen molar-refractivity contribution in [3.05, 3.63) is 35.5 Å². The maximum absolute atomic E-state index is 11.7. The standard InChI is InChI=1S/C19H26N2O2.ClH/c1-4-23-19(22)11-12-21-17-8-6-5-7-15(17)16-13-14(20(2)3)9-10-18(16)21;/h5-8,14H,4,9-13H2,1-3H3;1H. The summed E-state index contributed by atoms with van der Waals surface area (Å²) < 4.78 is 7.43. The van der Waals surface area contributed by atoms with Crippen LogP contribution in [0.5, 0.6) is 0 Å². The largest absolute Gasteiger partial charge is 0.466 e. The van der Waals surface area contributed by atoms with Crippen LogP contribution >= 0.6 is 12.4 Å². The van der Waals surface area contributed by atoms with Gasteiger partial charge in [0.1, 0.15) is 0 Å². The molecule has 0 aliphatic heterocycles. The summed E-state index contributed by atoms with van der Waals surface area (Å²) in [5.74, 6) is -0.110. The van der Waals surface area contributed by atoms with Crippen molar-refractivity contribution in [2.24, 2.45) is 0 Å². The Bertz CT molecular complexity index is 709. The molecular formula is C19H27ClN2O2. The Morgan fingerprint density at radius 2 is 2.08 bits per heavy atom. The Kier molecular flexibility index (Phi) is 6.30. The van der Waals surface area contributed by atoms with Crippen LogP contribution in [0.25, 0.3) is 10.9 Å². The lowest BCUT2D eigenvalue weighted by atomic mass is 9.91. The van der Waals surface area contributed by atoms with Gasteiger partial charge in [-0.25, -0.2) is 0 Å². The lowest BCUT2D eigenvalue weighted by Gasteiger charge is -2.29. The van der Waals surface area contributed by atoms with Crippen LogP contribution in [0, 0.1) is 0 Å². The van der Waals surface area contributed by atoms with E-state index in [9.17, 15) is 4.79 Å². The molecule has 2 aromatic rings. The number of aromatic nitrogens is 1. The average molecular weight is 351 g/mol. The third-order valence-electron chi connectivity index (χ3n) is 4.92.